The van der Waals surface area contributed by atoms with Crippen LogP contribution in [0.5, 0.6) is 0 Å². The van der Waals surface area contributed by atoms with Gasteiger partial charge in [-0.15, -0.1) is 0 Å². The first kappa shape index (κ1) is 22.4. The molecule has 4 rings (SSSR count). The molecule has 1 fully saturated rings. The highest BCUT2D eigenvalue weighted by Gasteiger charge is 2.17. The molecule has 164 valence electrons. The molecule has 0 radical (unpaired) electrons. The van der Waals surface area contributed by atoms with E-state index in [1.54, 1.807) is 0 Å². The molecular weight excluding hydrogens is 394 g/mol. The summed E-state index contributed by atoms with van der Waals surface area (Å²) in [4.78, 5) is 27.8. The van der Waals surface area contributed by atoms with Gasteiger partial charge in [-0.25, -0.2) is 0 Å². The topological polar surface area (TPSA) is 111 Å². The lowest BCUT2D eigenvalue weighted by molar-refractivity contribution is -0.123. The lowest BCUT2D eigenvalue weighted by atomic mass is 10.1. The Kier molecular flexibility index (Phi) is 8.12. The number of H-pyrrole nitrogens is 1. The third-order valence-electron chi connectivity index (χ3n) is 5.50. The number of carbonyl (C=O) groups excluding carboxylic acids is 1. The molecule has 1 atom stereocenters. The maximum Gasteiger partial charge on any atom is 0.290 e. The number of benzene rings is 1. The van der Waals surface area contributed by atoms with E-state index >= 15 is 0 Å². The van der Waals surface area contributed by atoms with Gasteiger partial charge in [-0.3, -0.25) is 19.7 Å². The zero-order valence-corrected chi connectivity index (χ0v) is 17.8. The zero-order valence-electron chi connectivity index (χ0n) is 17.8. The van der Waals surface area contributed by atoms with Gasteiger partial charge in [-0.2, -0.15) is 5.10 Å². The van der Waals surface area contributed by atoms with Crippen LogP contribution in [0.3, 0.4) is 0 Å². The molecule has 1 aromatic carbocycles. The van der Waals surface area contributed by atoms with Crippen molar-refractivity contribution in [1.82, 2.24) is 20.1 Å². The molecule has 3 N–H and O–H groups in total. The van der Waals surface area contributed by atoms with E-state index in [1.165, 1.54) is 19.3 Å². The molecule has 1 aliphatic rings. The molecule has 0 bridgehead atoms. The molecular formula is C23H29N5O3. The number of para-hydroxylation sites is 1. The standard InChI is InChI=1S/C22H27N5O.CH2O2/c1-16(9-12-27-10-5-2-6-11-27)22(28)24-21-14-20(25-26-21)18-13-17-7-3-4-8-19(17)23-15-18;2-1-3/h3-4,7-8,13-16H,2,5-6,9-12H2,1H3,(H2,24,25,26,28);1H,(H,2,3). The number of aromatic nitrogens is 3. The van der Waals surface area contributed by atoms with E-state index in [1.807, 2.05) is 43.5 Å². The number of hydrogen-bond acceptors (Lipinski definition) is 5. The summed E-state index contributed by atoms with van der Waals surface area (Å²) in [5, 5.41) is 18.2. The van der Waals surface area contributed by atoms with E-state index in [2.05, 4.69) is 31.5 Å². The van der Waals surface area contributed by atoms with E-state index in [0.717, 1.165) is 48.2 Å². The Hall–Kier alpha value is -3.26. The molecule has 0 saturated carbocycles. The van der Waals surface area contributed by atoms with Crippen molar-refractivity contribution in [3.05, 3.63) is 42.6 Å². The van der Waals surface area contributed by atoms with Gasteiger partial charge in [-0.05, 0) is 51.0 Å². The van der Waals surface area contributed by atoms with Crippen molar-refractivity contribution in [1.29, 1.82) is 0 Å². The van der Waals surface area contributed by atoms with Crippen LogP contribution in [-0.2, 0) is 9.59 Å². The summed E-state index contributed by atoms with van der Waals surface area (Å²) in [6, 6.07) is 11.9. The maximum absolute atomic E-state index is 12.5. The van der Waals surface area contributed by atoms with E-state index in [-0.39, 0.29) is 18.3 Å². The second-order valence-electron chi connectivity index (χ2n) is 7.77. The van der Waals surface area contributed by atoms with Gasteiger partial charge in [0.05, 0.1) is 11.2 Å². The minimum Gasteiger partial charge on any atom is -0.483 e. The van der Waals surface area contributed by atoms with Crippen LogP contribution in [0.15, 0.2) is 42.6 Å². The number of piperidine rings is 1. The highest BCUT2D eigenvalue weighted by molar-refractivity contribution is 5.92. The van der Waals surface area contributed by atoms with Crippen molar-refractivity contribution >= 4 is 29.1 Å². The first-order valence-electron chi connectivity index (χ1n) is 10.6. The number of nitrogens with one attached hydrogen (secondary N) is 2. The average molecular weight is 424 g/mol. The van der Waals surface area contributed by atoms with Crippen LogP contribution in [-0.4, -0.2) is 57.2 Å². The van der Waals surface area contributed by atoms with E-state index in [4.69, 9.17) is 9.90 Å². The molecule has 0 aliphatic carbocycles. The van der Waals surface area contributed by atoms with Crippen LogP contribution < -0.4 is 5.32 Å². The average Bonchev–Trinajstić information content (AvgIpc) is 3.27. The fourth-order valence-corrected chi connectivity index (χ4v) is 3.69. The molecule has 1 aliphatic heterocycles. The quantitative estimate of drug-likeness (QED) is 0.520. The molecule has 3 aromatic rings. The number of fused-ring (bicyclic) bond motifs is 1. The molecule has 8 nitrogen and oxygen atoms in total. The summed E-state index contributed by atoms with van der Waals surface area (Å²) in [6.07, 6.45) is 6.58. The minimum absolute atomic E-state index is 0.0313. The van der Waals surface area contributed by atoms with Gasteiger partial charge < -0.3 is 15.3 Å². The second-order valence-corrected chi connectivity index (χ2v) is 7.77. The highest BCUT2D eigenvalue weighted by Crippen LogP contribution is 2.23. The normalized spacial score (nSPS) is 15.0. The van der Waals surface area contributed by atoms with Gasteiger partial charge in [0, 0.05) is 29.1 Å². The first-order valence-corrected chi connectivity index (χ1v) is 10.6. The smallest absolute Gasteiger partial charge is 0.290 e. The Morgan fingerprint density at radius 1 is 1.26 bits per heavy atom. The molecule has 3 heterocycles. The number of carbonyl (C=O) groups is 2. The molecule has 31 heavy (non-hydrogen) atoms. The fourth-order valence-electron chi connectivity index (χ4n) is 3.69. The Bertz CT molecular complexity index is 998. The van der Waals surface area contributed by atoms with Crippen molar-refractivity contribution in [3.8, 4) is 11.3 Å². The molecule has 8 heteroatoms. The lowest BCUT2D eigenvalue weighted by Crippen LogP contribution is -2.33. The molecule has 1 saturated heterocycles. The van der Waals surface area contributed by atoms with E-state index in [9.17, 15) is 4.79 Å². The van der Waals surface area contributed by atoms with Crippen molar-refractivity contribution in [2.45, 2.75) is 32.6 Å². The minimum atomic E-state index is -0.250. The van der Waals surface area contributed by atoms with Gasteiger partial charge in [0.2, 0.25) is 5.91 Å². The summed E-state index contributed by atoms with van der Waals surface area (Å²) in [7, 11) is 0. The Balaban J connectivity index is 0.000000858. The molecule has 0 spiro atoms. The number of hydrogen-bond donors (Lipinski definition) is 3. The summed E-state index contributed by atoms with van der Waals surface area (Å²) in [5.41, 5.74) is 2.65. The summed E-state index contributed by atoms with van der Waals surface area (Å²) in [5.74, 6) is 0.623. The van der Waals surface area contributed by atoms with Gasteiger partial charge >= 0.3 is 0 Å². The number of pyridine rings is 1. The van der Waals surface area contributed by atoms with Crippen LogP contribution in [0.25, 0.3) is 22.2 Å². The van der Waals surface area contributed by atoms with Crippen LogP contribution in [0.4, 0.5) is 5.82 Å². The summed E-state index contributed by atoms with van der Waals surface area (Å²) < 4.78 is 0. The number of rotatable bonds is 6. The lowest BCUT2D eigenvalue weighted by Gasteiger charge is -2.27. The zero-order chi connectivity index (χ0) is 22.1. The predicted octanol–water partition coefficient (Wildman–Crippen LogP) is 3.78. The van der Waals surface area contributed by atoms with Crippen LogP contribution in [0, 0.1) is 5.92 Å². The molecule has 1 amide bonds. The van der Waals surface area contributed by atoms with Crippen molar-refractivity contribution in [2.24, 2.45) is 5.92 Å². The largest absolute Gasteiger partial charge is 0.483 e. The first-order chi connectivity index (χ1) is 15.1. The Morgan fingerprint density at radius 3 is 2.77 bits per heavy atom. The number of aromatic amines is 1. The van der Waals surface area contributed by atoms with Gasteiger partial charge in [-0.1, -0.05) is 31.5 Å². The van der Waals surface area contributed by atoms with E-state index < -0.39 is 0 Å². The predicted molar refractivity (Wildman–Crippen MR) is 121 cm³/mol. The maximum atomic E-state index is 12.5. The third-order valence-corrected chi connectivity index (χ3v) is 5.50. The van der Waals surface area contributed by atoms with Crippen molar-refractivity contribution < 1.29 is 14.7 Å². The fraction of sp³-hybridized carbons (Fsp3) is 0.391. The number of carboxylic acid groups (broad SMARTS) is 1. The Morgan fingerprint density at radius 2 is 2.00 bits per heavy atom. The van der Waals surface area contributed by atoms with Crippen LogP contribution in [0.1, 0.15) is 32.6 Å². The van der Waals surface area contributed by atoms with Crippen LogP contribution >= 0.6 is 0 Å². The SMILES string of the molecule is CC(CCN1CCCCC1)C(=O)Nc1cc(-c2cnc3ccccc3c2)n[nH]1.O=CO. The number of amides is 1. The monoisotopic (exact) mass is 423 g/mol. The molecule has 1 unspecified atom stereocenters. The number of likely N-dealkylation sites (tertiary alicyclic amines) is 1. The van der Waals surface area contributed by atoms with E-state index in [0.29, 0.717) is 5.82 Å². The highest BCUT2D eigenvalue weighted by atomic mass is 16.3. The summed E-state index contributed by atoms with van der Waals surface area (Å²) in [6.45, 7) is 5.06. The van der Waals surface area contributed by atoms with Crippen molar-refractivity contribution in [2.75, 3.05) is 25.0 Å². The Labute approximate surface area is 181 Å². The molecule has 2 aromatic heterocycles. The second kappa shape index (κ2) is 11.2. The van der Waals surface area contributed by atoms with Gasteiger partial charge in [0.15, 0.2) is 0 Å². The number of anilines is 1. The third kappa shape index (κ3) is 6.36. The van der Waals surface area contributed by atoms with Gasteiger partial charge in [0.1, 0.15) is 5.82 Å². The van der Waals surface area contributed by atoms with Crippen molar-refractivity contribution in [3.63, 3.8) is 0 Å². The van der Waals surface area contributed by atoms with Crippen LogP contribution in [0.2, 0.25) is 0 Å². The number of nitrogens with zero attached hydrogens (tertiary/aromatic N) is 3. The summed E-state index contributed by atoms with van der Waals surface area (Å²) >= 11 is 0. The van der Waals surface area contributed by atoms with Gasteiger partial charge in [0.25, 0.3) is 6.47 Å².